The number of carbonyl (C=O) groups excluding carboxylic acids is 2. The van der Waals surface area contributed by atoms with E-state index in [0.29, 0.717) is 0 Å². The minimum Gasteiger partial charge on any atom is -0.461 e. The van der Waals surface area contributed by atoms with Gasteiger partial charge < -0.3 is 19.1 Å². The predicted octanol–water partition coefficient (Wildman–Crippen LogP) is 4.11. The molecule has 0 saturated heterocycles. The summed E-state index contributed by atoms with van der Waals surface area (Å²) in [6, 6.07) is 18.6. The molecule has 2 aromatic rings. The normalized spacial score (nSPS) is 12.2. The average Bonchev–Trinajstić information content (AvgIpc) is 2.77. The number of amides is 1. The van der Waals surface area contributed by atoms with Crippen molar-refractivity contribution in [1.29, 1.82) is 0 Å². The summed E-state index contributed by atoms with van der Waals surface area (Å²) in [5, 5.41) is 2.68. The Morgan fingerprint density at radius 3 is 2.00 bits per heavy atom. The van der Waals surface area contributed by atoms with Gasteiger partial charge in [-0.1, -0.05) is 60.7 Å². The number of hydrogen-bond acceptors (Lipinski definition) is 6. The first-order valence-electron chi connectivity index (χ1n) is 10.4. The summed E-state index contributed by atoms with van der Waals surface area (Å²) in [6.45, 7) is 3.95. The van der Waals surface area contributed by atoms with Crippen LogP contribution in [0.25, 0.3) is 0 Å². The molecule has 0 fully saturated rings. The summed E-state index contributed by atoms with van der Waals surface area (Å²) in [5.41, 5.74) is 0.705. The Morgan fingerprint density at radius 2 is 1.45 bits per heavy atom. The van der Waals surface area contributed by atoms with Crippen molar-refractivity contribution in [3.05, 3.63) is 71.8 Å². The highest BCUT2D eigenvalue weighted by molar-refractivity contribution is 7.55. The third kappa shape index (κ3) is 8.29. The highest BCUT2D eigenvalue weighted by atomic mass is 31.2. The molecule has 0 radical (unpaired) electrons. The van der Waals surface area contributed by atoms with Crippen molar-refractivity contribution in [3.63, 3.8) is 0 Å². The molecule has 0 spiro atoms. The smallest absolute Gasteiger partial charge is 0.343 e. The molecular formula is C23H30NO6P. The summed E-state index contributed by atoms with van der Waals surface area (Å²) in [4.78, 5) is 24.9. The van der Waals surface area contributed by atoms with Crippen LogP contribution in [0.3, 0.4) is 0 Å². The number of hydrogen-bond donors (Lipinski definition) is 1. The van der Waals surface area contributed by atoms with Crippen molar-refractivity contribution in [1.82, 2.24) is 5.32 Å². The van der Waals surface area contributed by atoms with Gasteiger partial charge in [0.2, 0.25) is 5.91 Å². The van der Waals surface area contributed by atoms with Gasteiger partial charge in [-0.2, -0.15) is 0 Å². The van der Waals surface area contributed by atoms with Gasteiger partial charge in [0.05, 0.1) is 19.6 Å². The topological polar surface area (TPSA) is 90.9 Å². The lowest BCUT2D eigenvalue weighted by Crippen LogP contribution is -2.38. The number of benzene rings is 2. The molecular weight excluding hydrogens is 417 g/mol. The Labute approximate surface area is 183 Å². The molecule has 2 aromatic carbocycles. The fourth-order valence-electron chi connectivity index (χ4n) is 2.98. The van der Waals surface area contributed by atoms with Crippen LogP contribution in [0, 0.1) is 0 Å². The molecule has 31 heavy (non-hydrogen) atoms. The summed E-state index contributed by atoms with van der Waals surface area (Å²) in [6.07, 6.45) is 0.201. The van der Waals surface area contributed by atoms with Gasteiger partial charge in [-0.15, -0.1) is 0 Å². The van der Waals surface area contributed by atoms with Crippen LogP contribution in [0.2, 0.25) is 0 Å². The zero-order valence-electron chi connectivity index (χ0n) is 18.0. The zero-order valence-corrected chi connectivity index (χ0v) is 18.9. The van der Waals surface area contributed by atoms with Crippen LogP contribution < -0.4 is 5.32 Å². The molecule has 0 aliphatic rings. The van der Waals surface area contributed by atoms with Gasteiger partial charge in [-0.05, 0) is 31.4 Å². The van der Waals surface area contributed by atoms with E-state index < -0.39 is 25.1 Å². The van der Waals surface area contributed by atoms with E-state index in [2.05, 4.69) is 5.32 Å². The van der Waals surface area contributed by atoms with Gasteiger partial charge in [0.1, 0.15) is 12.3 Å². The first-order valence-corrected chi connectivity index (χ1v) is 12.0. The standard InChI is InChI=1S/C23H30NO6P/c1-3-29-31(27,30-4-2)21(17-19-11-7-5-8-12-19)23(26)24-16-15-22(25)28-18-20-13-9-6-10-14-20/h5-14,21H,3-4,15-18H2,1-2H3,(H,24,26). The quantitative estimate of drug-likeness (QED) is 0.367. The molecule has 0 bridgehead atoms. The van der Waals surface area contributed by atoms with Gasteiger partial charge in [0.25, 0.3) is 0 Å². The van der Waals surface area contributed by atoms with Crippen molar-refractivity contribution in [2.45, 2.75) is 39.0 Å². The monoisotopic (exact) mass is 447 g/mol. The largest absolute Gasteiger partial charge is 0.461 e. The number of nitrogens with one attached hydrogen (secondary N) is 1. The SMILES string of the molecule is CCOP(=O)(OCC)C(Cc1ccccc1)C(=O)NCCC(=O)OCc1ccccc1. The first kappa shape index (κ1) is 24.8. The molecule has 0 aliphatic heterocycles. The Bertz CT molecular complexity index is 849. The predicted molar refractivity (Wildman–Crippen MR) is 119 cm³/mol. The second-order valence-electron chi connectivity index (χ2n) is 6.77. The van der Waals surface area contributed by atoms with Crippen molar-refractivity contribution in [3.8, 4) is 0 Å². The second-order valence-corrected chi connectivity index (χ2v) is 8.99. The molecule has 168 valence electrons. The Hall–Kier alpha value is -2.47. The van der Waals surface area contributed by atoms with Gasteiger partial charge in [-0.3, -0.25) is 14.2 Å². The average molecular weight is 447 g/mol. The van der Waals surface area contributed by atoms with E-state index in [1.807, 2.05) is 60.7 Å². The molecule has 7 nitrogen and oxygen atoms in total. The van der Waals surface area contributed by atoms with Gasteiger partial charge in [0, 0.05) is 6.54 Å². The highest BCUT2D eigenvalue weighted by Crippen LogP contribution is 2.54. The molecule has 8 heteroatoms. The number of esters is 1. The van der Waals surface area contributed by atoms with Crippen LogP contribution in [-0.2, 0) is 41.0 Å². The highest BCUT2D eigenvalue weighted by Gasteiger charge is 2.41. The summed E-state index contributed by atoms with van der Waals surface area (Å²) in [7, 11) is -3.70. The van der Waals surface area contributed by atoms with E-state index in [-0.39, 0.29) is 39.2 Å². The maximum absolute atomic E-state index is 13.3. The molecule has 0 aliphatic carbocycles. The molecule has 2 rings (SSSR count). The lowest BCUT2D eigenvalue weighted by molar-refractivity contribution is -0.144. The van der Waals surface area contributed by atoms with Gasteiger partial charge in [0.15, 0.2) is 0 Å². The fourth-order valence-corrected chi connectivity index (χ4v) is 4.95. The molecule has 0 saturated carbocycles. The van der Waals surface area contributed by atoms with E-state index in [1.54, 1.807) is 13.8 Å². The molecule has 0 aromatic heterocycles. The second kappa shape index (κ2) is 13.1. The van der Waals surface area contributed by atoms with Crippen molar-refractivity contribution in [2.75, 3.05) is 19.8 Å². The van der Waals surface area contributed by atoms with Crippen LogP contribution in [0.4, 0.5) is 0 Å². The number of ether oxygens (including phenoxy) is 1. The van der Waals surface area contributed by atoms with Gasteiger partial charge >= 0.3 is 13.6 Å². The zero-order chi connectivity index (χ0) is 22.5. The summed E-state index contributed by atoms with van der Waals surface area (Å²) in [5.74, 6) is -0.911. The third-order valence-corrected chi connectivity index (χ3v) is 6.86. The Morgan fingerprint density at radius 1 is 0.903 bits per heavy atom. The van der Waals surface area contributed by atoms with Crippen molar-refractivity contribution >= 4 is 19.5 Å². The van der Waals surface area contributed by atoms with E-state index in [4.69, 9.17) is 13.8 Å². The van der Waals surface area contributed by atoms with Crippen LogP contribution in [0.15, 0.2) is 60.7 Å². The van der Waals surface area contributed by atoms with Crippen LogP contribution in [0.5, 0.6) is 0 Å². The molecule has 1 unspecified atom stereocenters. The maximum atomic E-state index is 13.3. The van der Waals surface area contributed by atoms with E-state index in [0.717, 1.165) is 11.1 Å². The number of rotatable bonds is 13. The molecule has 1 amide bonds. The molecule has 0 heterocycles. The van der Waals surface area contributed by atoms with Crippen LogP contribution in [-0.4, -0.2) is 37.3 Å². The third-order valence-electron chi connectivity index (χ3n) is 4.45. The Kier molecular flexibility index (Phi) is 10.4. The summed E-state index contributed by atoms with van der Waals surface area (Å²) >= 11 is 0. The first-order chi connectivity index (χ1) is 15.0. The van der Waals surface area contributed by atoms with Crippen LogP contribution >= 0.6 is 7.60 Å². The van der Waals surface area contributed by atoms with Crippen molar-refractivity contribution < 1.29 is 27.9 Å². The van der Waals surface area contributed by atoms with E-state index >= 15 is 0 Å². The molecule has 1 atom stereocenters. The minimum atomic E-state index is -3.70. The summed E-state index contributed by atoms with van der Waals surface area (Å²) < 4.78 is 29.4. The lowest BCUT2D eigenvalue weighted by atomic mass is 10.1. The van der Waals surface area contributed by atoms with E-state index in [1.165, 1.54) is 0 Å². The maximum Gasteiger partial charge on any atom is 0.343 e. The fraction of sp³-hybridized carbons (Fsp3) is 0.391. The van der Waals surface area contributed by atoms with Crippen LogP contribution in [0.1, 0.15) is 31.4 Å². The minimum absolute atomic E-state index is 0.00417. The Balaban J connectivity index is 1.96. The van der Waals surface area contributed by atoms with E-state index in [9.17, 15) is 14.2 Å². The lowest BCUT2D eigenvalue weighted by Gasteiger charge is -2.25. The van der Waals surface area contributed by atoms with Gasteiger partial charge in [-0.25, -0.2) is 0 Å². The number of carbonyl (C=O) groups is 2. The molecule has 1 N–H and O–H groups in total. The van der Waals surface area contributed by atoms with Crippen molar-refractivity contribution in [2.24, 2.45) is 0 Å².